The molecule has 0 fully saturated rings. The van der Waals surface area contributed by atoms with Gasteiger partial charge in [-0.3, -0.25) is 14.9 Å². The quantitative estimate of drug-likeness (QED) is 0.332. The number of nitro groups is 1. The van der Waals surface area contributed by atoms with Gasteiger partial charge in [0.1, 0.15) is 11.9 Å². The van der Waals surface area contributed by atoms with Gasteiger partial charge >= 0.3 is 5.97 Å². The van der Waals surface area contributed by atoms with Gasteiger partial charge < -0.3 is 4.74 Å². The minimum absolute atomic E-state index is 0.00624. The number of benzene rings is 2. The molecule has 0 saturated carbocycles. The molecule has 0 saturated heterocycles. The summed E-state index contributed by atoms with van der Waals surface area (Å²) in [6.07, 6.45) is 0. The highest BCUT2D eigenvalue weighted by molar-refractivity contribution is 8.00. The maximum Gasteiger partial charge on any atom is 0.319 e. The summed E-state index contributed by atoms with van der Waals surface area (Å²) in [5.74, 6) is -0.344. The molecule has 0 bridgehead atoms. The number of rotatable bonds is 6. The largest absolute Gasteiger partial charge is 0.460 e. The van der Waals surface area contributed by atoms with E-state index >= 15 is 0 Å². The molecule has 2 aromatic rings. The van der Waals surface area contributed by atoms with E-state index in [0.717, 1.165) is 4.90 Å². The van der Waals surface area contributed by atoms with Crippen molar-refractivity contribution >= 4 is 35.0 Å². The first-order valence-corrected chi connectivity index (χ1v) is 8.03. The molecule has 0 spiro atoms. The summed E-state index contributed by atoms with van der Waals surface area (Å²) < 4.78 is 5.23. The van der Waals surface area contributed by atoms with Crippen molar-refractivity contribution in [3.8, 4) is 0 Å². The fourth-order valence-electron chi connectivity index (χ4n) is 1.75. The van der Waals surface area contributed by atoms with Gasteiger partial charge in [-0.2, -0.15) is 0 Å². The van der Waals surface area contributed by atoms with E-state index in [9.17, 15) is 14.9 Å². The van der Waals surface area contributed by atoms with Gasteiger partial charge in [0.2, 0.25) is 0 Å². The summed E-state index contributed by atoms with van der Waals surface area (Å²) in [6.45, 7) is 1.85. The Morgan fingerprint density at radius 2 is 1.83 bits per heavy atom. The van der Waals surface area contributed by atoms with Crippen molar-refractivity contribution in [3.63, 3.8) is 0 Å². The molecule has 0 aliphatic carbocycles. The molecular formula is C16H14ClNO4S. The monoisotopic (exact) mass is 351 g/mol. The minimum Gasteiger partial charge on any atom is -0.460 e. The van der Waals surface area contributed by atoms with Crippen LogP contribution in [0.1, 0.15) is 12.5 Å². The SMILES string of the molecule is C[C@@H](Sc1ccc(Cl)cc1)C(=O)OCc1ccc([N+](=O)[O-])cc1. The number of carbonyl (C=O) groups excluding carboxylic acids is 1. The van der Waals surface area contributed by atoms with Gasteiger partial charge in [-0.25, -0.2) is 0 Å². The number of halogens is 1. The fraction of sp³-hybridized carbons (Fsp3) is 0.188. The van der Waals surface area contributed by atoms with Crippen LogP contribution in [0.3, 0.4) is 0 Å². The lowest BCUT2D eigenvalue weighted by Gasteiger charge is -2.11. The first-order chi connectivity index (χ1) is 11.0. The number of non-ortho nitro benzene ring substituents is 1. The second-order valence-electron chi connectivity index (χ2n) is 4.75. The van der Waals surface area contributed by atoms with Crippen LogP contribution in [0, 0.1) is 10.1 Å². The van der Waals surface area contributed by atoms with Gasteiger partial charge in [0.15, 0.2) is 0 Å². The zero-order valence-electron chi connectivity index (χ0n) is 12.3. The van der Waals surface area contributed by atoms with Crippen LogP contribution in [0.5, 0.6) is 0 Å². The Labute approximate surface area is 142 Å². The van der Waals surface area contributed by atoms with E-state index in [-0.39, 0.29) is 23.5 Å². The van der Waals surface area contributed by atoms with Crippen LogP contribution in [0.15, 0.2) is 53.4 Å². The molecule has 120 valence electrons. The number of hydrogen-bond donors (Lipinski definition) is 0. The normalized spacial score (nSPS) is 11.7. The molecule has 0 heterocycles. The van der Waals surface area contributed by atoms with Crippen molar-refractivity contribution in [2.45, 2.75) is 23.7 Å². The predicted octanol–water partition coefficient (Wildman–Crippen LogP) is 4.47. The van der Waals surface area contributed by atoms with Crippen molar-refractivity contribution in [2.24, 2.45) is 0 Å². The Kier molecular flexibility index (Phi) is 6.01. The van der Waals surface area contributed by atoms with Crippen LogP contribution in [-0.4, -0.2) is 16.1 Å². The van der Waals surface area contributed by atoms with Crippen LogP contribution in [0.2, 0.25) is 5.02 Å². The Bertz CT molecular complexity index is 688. The maximum atomic E-state index is 12.0. The van der Waals surface area contributed by atoms with Gasteiger partial charge in [-0.15, -0.1) is 11.8 Å². The highest BCUT2D eigenvalue weighted by atomic mass is 35.5. The molecule has 1 atom stereocenters. The number of carbonyl (C=O) groups is 1. The molecule has 23 heavy (non-hydrogen) atoms. The number of esters is 1. The number of nitro benzene ring substituents is 1. The van der Waals surface area contributed by atoms with E-state index < -0.39 is 4.92 Å². The van der Waals surface area contributed by atoms with Crippen molar-refractivity contribution in [1.82, 2.24) is 0 Å². The highest BCUT2D eigenvalue weighted by Crippen LogP contribution is 2.25. The third-order valence-electron chi connectivity index (χ3n) is 2.99. The van der Waals surface area contributed by atoms with E-state index in [1.165, 1.54) is 23.9 Å². The predicted molar refractivity (Wildman–Crippen MR) is 89.7 cm³/mol. The van der Waals surface area contributed by atoms with Gasteiger partial charge in [0.25, 0.3) is 5.69 Å². The molecule has 0 N–H and O–H groups in total. The molecule has 0 radical (unpaired) electrons. The molecule has 0 aliphatic heterocycles. The van der Waals surface area contributed by atoms with Crippen LogP contribution < -0.4 is 0 Å². The van der Waals surface area contributed by atoms with Gasteiger partial charge in [0, 0.05) is 22.1 Å². The van der Waals surface area contributed by atoms with Crippen LogP contribution in [-0.2, 0) is 16.1 Å². The van der Waals surface area contributed by atoms with Gasteiger partial charge in [0.05, 0.1) is 4.92 Å². The van der Waals surface area contributed by atoms with E-state index in [1.54, 1.807) is 31.2 Å². The molecule has 5 nitrogen and oxygen atoms in total. The van der Waals surface area contributed by atoms with Crippen molar-refractivity contribution in [3.05, 3.63) is 69.2 Å². The molecule has 0 aliphatic rings. The Morgan fingerprint density at radius 3 is 2.39 bits per heavy atom. The summed E-state index contributed by atoms with van der Waals surface area (Å²) in [7, 11) is 0. The topological polar surface area (TPSA) is 69.4 Å². The third-order valence-corrected chi connectivity index (χ3v) is 4.33. The van der Waals surface area contributed by atoms with Crippen LogP contribution in [0.25, 0.3) is 0 Å². The Hall–Kier alpha value is -2.05. The number of thioether (sulfide) groups is 1. The second-order valence-corrected chi connectivity index (χ2v) is 6.60. The van der Waals surface area contributed by atoms with Crippen molar-refractivity contribution < 1.29 is 14.5 Å². The highest BCUT2D eigenvalue weighted by Gasteiger charge is 2.16. The Morgan fingerprint density at radius 1 is 1.22 bits per heavy atom. The van der Waals surface area contributed by atoms with E-state index in [2.05, 4.69) is 0 Å². The van der Waals surface area contributed by atoms with Crippen LogP contribution >= 0.6 is 23.4 Å². The summed E-state index contributed by atoms with van der Waals surface area (Å²) >= 11 is 7.20. The van der Waals surface area contributed by atoms with Crippen molar-refractivity contribution in [2.75, 3.05) is 0 Å². The standard InChI is InChI=1S/C16H14ClNO4S/c1-11(23-15-8-4-13(17)5-9-15)16(19)22-10-12-2-6-14(7-3-12)18(20)21/h2-9,11H,10H2,1H3/t11-/m1/s1. The molecule has 0 aromatic heterocycles. The lowest BCUT2D eigenvalue weighted by molar-refractivity contribution is -0.384. The molecule has 0 amide bonds. The maximum absolute atomic E-state index is 12.0. The zero-order chi connectivity index (χ0) is 16.8. The number of ether oxygens (including phenoxy) is 1. The molecule has 2 rings (SSSR count). The van der Waals surface area contributed by atoms with E-state index in [0.29, 0.717) is 10.6 Å². The zero-order valence-corrected chi connectivity index (χ0v) is 13.8. The average molecular weight is 352 g/mol. The molecule has 0 unspecified atom stereocenters. The first-order valence-electron chi connectivity index (χ1n) is 6.78. The average Bonchev–Trinajstić information content (AvgIpc) is 2.55. The summed E-state index contributed by atoms with van der Waals surface area (Å²) in [4.78, 5) is 23.0. The third kappa shape index (κ3) is 5.26. The van der Waals surface area contributed by atoms with Gasteiger partial charge in [-0.05, 0) is 48.9 Å². The fourth-order valence-corrected chi connectivity index (χ4v) is 2.74. The van der Waals surface area contributed by atoms with Crippen LogP contribution in [0.4, 0.5) is 5.69 Å². The lowest BCUT2D eigenvalue weighted by atomic mass is 10.2. The lowest BCUT2D eigenvalue weighted by Crippen LogP contribution is -2.16. The first kappa shape index (κ1) is 17.3. The van der Waals surface area contributed by atoms with Gasteiger partial charge in [-0.1, -0.05) is 11.6 Å². The second kappa shape index (κ2) is 7.99. The number of hydrogen-bond acceptors (Lipinski definition) is 5. The van der Waals surface area contributed by atoms with E-state index in [4.69, 9.17) is 16.3 Å². The van der Waals surface area contributed by atoms with Crippen molar-refractivity contribution in [1.29, 1.82) is 0 Å². The molecular weight excluding hydrogens is 338 g/mol. The summed E-state index contributed by atoms with van der Waals surface area (Å²) in [5.41, 5.74) is 0.708. The van der Waals surface area contributed by atoms with E-state index in [1.807, 2.05) is 12.1 Å². The Balaban J connectivity index is 1.86. The molecule has 7 heteroatoms. The minimum atomic E-state index is -0.472. The smallest absolute Gasteiger partial charge is 0.319 e. The number of nitrogens with zero attached hydrogens (tertiary/aromatic N) is 1. The summed E-state index contributed by atoms with van der Waals surface area (Å²) in [5, 5.41) is 10.8. The summed E-state index contributed by atoms with van der Waals surface area (Å²) in [6, 6.07) is 13.1. The molecule has 2 aromatic carbocycles.